The van der Waals surface area contributed by atoms with E-state index >= 15 is 0 Å². The minimum atomic E-state index is -0.724. The Hall–Kier alpha value is -2.43. The lowest BCUT2D eigenvalue weighted by Gasteiger charge is -2.34. The van der Waals surface area contributed by atoms with Crippen LogP contribution in [0.1, 0.15) is 74.1 Å². The van der Waals surface area contributed by atoms with E-state index in [0.717, 1.165) is 18.4 Å². The standard InChI is InChI=1S/C24H34O5/c1-16(15-23(27)29-20(5)26)10-13-22(28-19(4)25)18(3)11-12-21-17(2)9-8-14-24(21,6)7/h10-11,13,15,22H,8-9,12,14H2,1-7H3/b13-10-,16-15-,18-11+. The van der Waals surface area contributed by atoms with E-state index in [9.17, 15) is 14.4 Å². The molecule has 5 nitrogen and oxygen atoms in total. The van der Waals surface area contributed by atoms with Gasteiger partial charge in [0.25, 0.3) is 0 Å². The number of rotatable bonds is 7. The largest absolute Gasteiger partial charge is 0.454 e. The van der Waals surface area contributed by atoms with E-state index < -0.39 is 18.0 Å². The Bertz CT molecular complexity index is 762. The molecule has 1 aliphatic carbocycles. The summed E-state index contributed by atoms with van der Waals surface area (Å²) in [7, 11) is 0. The van der Waals surface area contributed by atoms with Crippen LogP contribution in [0.15, 0.2) is 46.6 Å². The van der Waals surface area contributed by atoms with Crippen molar-refractivity contribution in [2.24, 2.45) is 5.41 Å². The summed E-state index contributed by atoms with van der Waals surface area (Å²) in [5.74, 6) is -1.76. The molecule has 0 saturated carbocycles. The van der Waals surface area contributed by atoms with Gasteiger partial charge in [-0.1, -0.05) is 37.1 Å². The van der Waals surface area contributed by atoms with Crippen LogP contribution in [-0.4, -0.2) is 24.0 Å². The van der Waals surface area contributed by atoms with Crippen molar-refractivity contribution in [3.05, 3.63) is 46.6 Å². The summed E-state index contributed by atoms with van der Waals surface area (Å²) < 4.78 is 9.93. The van der Waals surface area contributed by atoms with E-state index in [4.69, 9.17) is 4.74 Å². The first-order valence-electron chi connectivity index (χ1n) is 10.0. The second-order valence-corrected chi connectivity index (χ2v) is 8.34. The second kappa shape index (κ2) is 10.9. The lowest BCUT2D eigenvalue weighted by atomic mass is 9.71. The quantitative estimate of drug-likeness (QED) is 0.188. The Balaban J connectivity index is 2.98. The van der Waals surface area contributed by atoms with Crippen LogP contribution in [0.2, 0.25) is 0 Å². The molecule has 160 valence electrons. The number of ether oxygens (including phenoxy) is 2. The third-order valence-electron chi connectivity index (χ3n) is 5.18. The first kappa shape index (κ1) is 24.6. The molecule has 0 spiro atoms. The highest BCUT2D eigenvalue weighted by molar-refractivity contribution is 5.91. The zero-order valence-corrected chi connectivity index (χ0v) is 18.8. The fourth-order valence-electron chi connectivity index (χ4n) is 3.61. The summed E-state index contributed by atoms with van der Waals surface area (Å²) in [5, 5.41) is 0. The molecule has 1 aliphatic rings. The molecule has 0 aromatic rings. The molecule has 0 aliphatic heterocycles. The molecule has 0 heterocycles. The third-order valence-corrected chi connectivity index (χ3v) is 5.18. The normalized spacial score (nSPS) is 18.6. The van der Waals surface area contributed by atoms with E-state index in [1.807, 2.05) is 6.92 Å². The molecule has 1 unspecified atom stereocenters. The van der Waals surface area contributed by atoms with Crippen LogP contribution in [0.4, 0.5) is 0 Å². The second-order valence-electron chi connectivity index (χ2n) is 8.34. The maximum absolute atomic E-state index is 11.5. The van der Waals surface area contributed by atoms with Crippen LogP contribution >= 0.6 is 0 Å². The number of carbonyl (C=O) groups excluding carboxylic acids is 3. The lowest BCUT2D eigenvalue weighted by molar-refractivity contribution is -0.154. The topological polar surface area (TPSA) is 69.7 Å². The maximum Gasteiger partial charge on any atom is 0.338 e. The molecule has 29 heavy (non-hydrogen) atoms. The molecule has 5 heteroatoms. The molecule has 0 saturated heterocycles. The highest BCUT2D eigenvalue weighted by Gasteiger charge is 2.27. The highest BCUT2D eigenvalue weighted by Crippen LogP contribution is 2.42. The fourth-order valence-corrected chi connectivity index (χ4v) is 3.61. The molecule has 0 N–H and O–H groups in total. The molecule has 0 radical (unpaired) electrons. The zero-order chi connectivity index (χ0) is 22.2. The molecular formula is C24H34O5. The van der Waals surface area contributed by atoms with Crippen LogP contribution in [0.3, 0.4) is 0 Å². The SMILES string of the molecule is CC(=O)OC(=O)/C=C(C)\C=C/C(OC(C)=O)/C(C)=C/CC1=C(C)CCCC1(C)C. The molecule has 0 aromatic carbocycles. The van der Waals surface area contributed by atoms with Gasteiger partial charge < -0.3 is 9.47 Å². The van der Waals surface area contributed by atoms with E-state index in [-0.39, 0.29) is 11.4 Å². The Morgan fingerprint density at radius 3 is 2.31 bits per heavy atom. The van der Waals surface area contributed by atoms with E-state index in [0.29, 0.717) is 5.57 Å². The molecule has 0 fully saturated rings. The van der Waals surface area contributed by atoms with E-state index in [1.54, 1.807) is 19.1 Å². The smallest absolute Gasteiger partial charge is 0.338 e. The van der Waals surface area contributed by atoms with Crippen molar-refractivity contribution in [3.63, 3.8) is 0 Å². The van der Waals surface area contributed by atoms with Crippen molar-refractivity contribution in [2.45, 2.75) is 80.3 Å². The molecule has 0 bridgehead atoms. The monoisotopic (exact) mass is 402 g/mol. The molecule has 0 amide bonds. The average Bonchev–Trinajstić information content (AvgIpc) is 2.56. The Morgan fingerprint density at radius 2 is 1.76 bits per heavy atom. The first-order valence-corrected chi connectivity index (χ1v) is 10.0. The predicted molar refractivity (Wildman–Crippen MR) is 114 cm³/mol. The van der Waals surface area contributed by atoms with Gasteiger partial charge >= 0.3 is 17.9 Å². The first-order chi connectivity index (χ1) is 13.4. The number of carbonyl (C=O) groups is 3. The summed E-state index contributed by atoms with van der Waals surface area (Å²) in [4.78, 5) is 33.9. The van der Waals surface area contributed by atoms with Gasteiger partial charge in [0.1, 0.15) is 6.10 Å². The van der Waals surface area contributed by atoms with Gasteiger partial charge in [0.2, 0.25) is 0 Å². The summed E-state index contributed by atoms with van der Waals surface area (Å²) in [6.45, 7) is 13.0. The van der Waals surface area contributed by atoms with Crippen molar-refractivity contribution in [1.82, 2.24) is 0 Å². The number of hydrogen-bond acceptors (Lipinski definition) is 5. The van der Waals surface area contributed by atoms with Gasteiger partial charge in [0, 0.05) is 19.9 Å². The van der Waals surface area contributed by atoms with Crippen LogP contribution in [0, 0.1) is 5.41 Å². The van der Waals surface area contributed by atoms with Crippen LogP contribution < -0.4 is 0 Å². The van der Waals surface area contributed by atoms with Gasteiger partial charge in [-0.2, -0.15) is 0 Å². The molecule has 1 rings (SSSR count). The highest BCUT2D eigenvalue weighted by atomic mass is 16.6. The number of esters is 3. The number of hydrogen-bond donors (Lipinski definition) is 0. The lowest BCUT2D eigenvalue weighted by Crippen LogP contribution is -2.20. The Labute approximate surface area is 174 Å². The van der Waals surface area contributed by atoms with Crippen molar-refractivity contribution in [3.8, 4) is 0 Å². The summed E-state index contributed by atoms with van der Waals surface area (Å²) in [6.07, 6.45) is 10.6. The van der Waals surface area contributed by atoms with Crippen LogP contribution in [0.5, 0.6) is 0 Å². The van der Waals surface area contributed by atoms with Crippen LogP contribution in [0.25, 0.3) is 0 Å². The van der Waals surface area contributed by atoms with Gasteiger partial charge in [-0.15, -0.1) is 0 Å². The summed E-state index contributed by atoms with van der Waals surface area (Å²) in [5.41, 5.74) is 4.61. The predicted octanol–water partition coefficient (Wildman–Crippen LogP) is 5.37. The van der Waals surface area contributed by atoms with Crippen molar-refractivity contribution in [1.29, 1.82) is 0 Å². The minimum absolute atomic E-state index is 0.183. The van der Waals surface area contributed by atoms with Gasteiger partial charge in [0.15, 0.2) is 0 Å². The van der Waals surface area contributed by atoms with Crippen LogP contribution in [-0.2, 0) is 23.9 Å². The van der Waals surface area contributed by atoms with Gasteiger partial charge in [-0.25, -0.2) is 4.79 Å². The van der Waals surface area contributed by atoms with Gasteiger partial charge in [-0.05, 0) is 69.1 Å². The average molecular weight is 403 g/mol. The minimum Gasteiger partial charge on any atom is -0.454 e. The summed E-state index contributed by atoms with van der Waals surface area (Å²) in [6, 6.07) is 0. The molecule has 1 atom stereocenters. The maximum atomic E-state index is 11.5. The fraction of sp³-hybridized carbons (Fsp3) is 0.542. The van der Waals surface area contributed by atoms with Gasteiger partial charge in [-0.3, -0.25) is 9.59 Å². The van der Waals surface area contributed by atoms with E-state index in [2.05, 4.69) is 31.6 Å². The van der Waals surface area contributed by atoms with Crippen molar-refractivity contribution in [2.75, 3.05) is 0 Å². The van der Waals surface area contributed by atoms with Gasteiger partial charge in [0.05, 0.1) is 0 Å². The molecule has 0 aromatic heterocycles. The van der Waals surface area contributed by atoms with E-state index in [1.165, 1.54) is 43.9 Å². The Morgan fingerprint density at radius 1 is 1.10 bits per heavy atom. The summed E-state index contributed by atoms with van der Waals surface area (Å²) >= 11 is 0. The zero-order valence-electron chi connectivity index (χ0n) is 18.8. The molecular weight excluding hydrogens is 368 g/mol. The Kier molecular flexibility index (Phi) is 9.28. The third kappa shape index (κ3) is 8.63. The van der Waals surface area contributed by atoms with Crippen molar-refractivity contribution < 1.29 is 23.9 Å². The number of allylic oxidation sites excluding steroid dienone is 5. The van der Waals surface area contributed by atoms with Crippen molar-refractivity contribution >= 4 is 17.9 Å².